The summed E-state index contributed by atoms with van der Waals surface area (Å²) in [6.45, 7) is 9.11. The lowest BCUT2D eigenvalue weighted by Crippen LogP contribution is -2.32. The summed E-state index contributed by atoms with van der Waals surface area (Å²) < 4.78 is 7.16. The lowest BCUT2D eigenvalue weighted by atomic mass is 9.95. The molecule has 4 heterocycles. The van der Waals surface area contributed by atoms with E-state index in [-0.39, 0.29) is 5.60 Å². The highest BCUT2D eigenvalue weighted by Gasteiger charge is 2.28. The fourth-order valence-electron chi connectivity index (χ4n) is 3.35. The first-order valence-electron chi connectivity index (χ1n) is 9.33. The molecule has 138 valence electrons. The van der Waals surface area contributed by atoms with Crippen LogP contribution in [0.15, 0.2) is 11.1 Å². The summed E-state index contributed by atoms with van der Waals surface area (Å²) in [6, 6.07) is 2.24. The zero-order chi connectivity index (χ0) is 18.3. The molecule has 0 saturated heterocycles. The Morgan fingerprint density at radius 1 is 1.23 bits per heavy atom. The molecule has 1 aliphatic rings. The van der Waals surface area contributed by atoms with Crippen LogP contribution in [0.5, 0.6) is 0 Å². The molecule has 26 heavy (non-hydrogen) atoms. The van der Waals surface area contributed by atoms with E-state index in [0.717, 1.165) is 38.8 Å². The summed E-state index contributed by atoms with van der Waals surface area (Å²) in [5.74, 6) is 1.95. The maximum Gasteiger partial charge on any atom is 0.127 e. The predicted octanol–water partition coefficient (Wildman–Crippen LogP) is 5.68. The van der Waals surface area contributed by atoms with E-state index >= 15 is 0 Å². The molecular formula is C20H25N3OS2. The van der Waals surface area contributed by atoms with E-state index in [4.69, 9.17) is 19.7 Å². The number of thioether (sulfide) groups is 1. The Balaban J connectivity index is 1.78. The molecule has 6 heteroatoms. The molecule has 0 unspecified atom stereocenters. The van der Waals surface area contributed by atoms with Crippen LogP contribution in [-0.4, -0.2) is 26.3 Å². The first-order chi connectivity index (χ1) is 12.5. The average Bonchev–Trinajstić information content (AvgIpc) is 2.93. The fraction of sp³-hybridized carbons (Fsp3) is 0.550. The third-order valence-electron chi connectivity index (χ3n) is 4.75. The summed E-state index contributed by atoms with van der Waals surface area (Å²) in [5.41, 5.74) is 3.28. The number of hydrogen-bond acceptors (Lipinski definition) is 6. The van der Waals surface area contributed by atoms with Crippen molar-refractivity contribution in [1.29, 1.82) is 0 Å². The van der Waals surface area contributed by atoms with Crippen molar-refractivity contribution in [2.45, 2.75) is 70.6 Å². The molecule has 0 aliphatic carbocycles. The Morgan fingerprint density at radius 3 is 2.88 bits per heavy atom. The van der Waals surface area contributed by atoms with E-state index in [2.05, 4.69) is 26.8 Å². The van der Waals surface area contributed by atoms with Crippen LogP contribution < -0.4 is 0 Å². The van der Waals surface area contributed by atoms with Gasteiger partial charge in [-0.3, -0.25) is 0 Å². The van der Waals surface area contributed by atoms with E-state index in [0.29, 0.717) is 6.61 Å². The fourth-order valence-corrected chi connectivity index (χ4v) is 5.62. The third-order valence-corrected chi connectivity index (χ3v) is 7.04. The summed E-state index contributed by atoms with van der Waals surface area (Å²) in [5, 5.41) is 2.26. The van der Waals surface area contributed by atoms with Crippen LogP contribution in [-0.2, 0) is 17.8 Å². The molecule has 0 aromatic carbocycles. The number of hydrogen-bond donors (Lipinski definition) is 0. The van der Waals surface area contributed by atoms with Gasteiger partial charge in [0.1, 0.15) is 15.7 Å². The van der Waals surface area contributed by atoms with Crippen molar-refractivity contribution in [2.24, 2.45) is 0 Å². The molecule has 4 nitrogen and oxygen atoms in total. The molecule has 0 fully saturated rings. The summed E-state index contributed by atoms with van der Waals surface area (Å²) in [4.78, 5) is 15.5. The average molecular weight is 388 g/mol. The molecule has 0 amide bonds. The topological polar surface area (TPSA) is 47.9 Å². The van der Waals surface area contributed by atoms with Crippen LogP contribution in [0.2, 0.25) is 0 Å². The molecule has 3 aromatic heterocycles. The van der Waals surface area contributed by atoms with Gasteiger partial charge < -0.3 is 4.74 Å². The maximum atomic E-state index is 5.98. The molecule has 4 rings (SSSR count). The van der Waals surface area contributed by atoms with Crippen LogP contribution in [0.3, 0.4) is 0 Å². The molecule has 1 aliphatic heterocycles. The standard InChI is InChI=1S/C20H25N3OS2/c1-5-6-7-8-25-19-17-16(21-12(2)22-19)14-9-13-11-24-20(3,4)10-15(13)23-18(14)26-17/h9H,5-8,10-11H2,1-4H3. The monoisotopic (exact) mass is 387 g/mol. The summed E-state index contributed by atoms with van der Waals surface area (Å²) in [7, 11) is 0. The highest BCUT2D eigenvalue weighted by molar-refractivity contribution is 7.99. The third kappa shape index (κ3) is 3.47. The second-order valence-corrected chi connectivity index (χ2v) is 9.67. The van der Waals surface area contributed by atoms with E-state index in [1.54, 1.807) is 11.3 Å². The highest BCUT2D eigenvalue weighted by atomic mass is 32.2. The lowest BCUT2D eigenvalue weighted by molar-refractivity contribution is -0.0411. The van der Waals surface area contributed by atoms with Gasteiger partial charge in [0.2, 0.25) is 0 Å². The van der Waals surface area contributed by atoms with E-state index in [1.165, 1.54) is 35.2 Å². The number of rotatable bonds is 5. The smallest absolute Gasteiger partial charge is 0.127 e. The van der Waals surface area contributed by atoms with Crippen LogP contribution in [0, 0.1) is 6.92 Å². The molecule has 0 spiro atoms. The zero-order valence-corrected chi connectivity index (χ0v) is 17.5. The minimum atomic E-state index is -0.138. The number of aryl methyl sites for hydroxylation is 1. The number of fused-ring (bicyclic) bond motifs is 4. The van der Waals surface area contributed by atoms with Crippen molar-refractivity contribution in [3.8, 4) is 0 Å². The maximum absolute atomic E-state index is 5.98. The largest absolute Gasteiger partial charge is 0.370 e. The Hall–Kier alpha value is -1.24. The first kappa shape index (κ1) is 18.1. The molecule has 0 bridgehead atoms. The van der Waals surface area contributed by atoms with Crippen LogP contribution in [0.1, 0.15) is 57.1 Å². The molecule has 0 radical (unpaired) electrons. The Bertz CT molecular complexity index is 965. The predicted molar refractivity (Wildman–Crippen MR) is 110 cm³/mol. The second kappa shape index (κ2) is 7.06. The van der Waals surface area contributed by atoms with Gasteiger partial charge in [-0.2, -0.15) is 0 Å². The summed E-state index contributed by atoms with van der Waals surface area (Å²) >= 11 is 3.59. The zero-order valence-electron chi connectivity index (χ0n) is 15.9. The van der Waals surface area contributed by atoms with Crippen molar-refractivity contribution >= 4 is 43.5 Å². The number of nitrogens with zero attached hydrogens (tertiary/aromatic N) is 3. The normalized spacial score (nSPS) is 16.3. The second-order valence-electron chi connectivity index (χ2n) is 7.58. The van der Waals surface area contributed by atoms with Gasteiger partial charge in [0, 0.05) is 17.4 Å². The SMILES string of the molecule is CCCCCSc1nc(C)nc2c1sc1nc3c(cc12)COC(C)(C)C3. The van der Waals surface area contributed by atoms with Gasteiger partial charge in [-0.05, 0) is 39.0 Å². The van der Waals surface area contributed by atoms with Gasteiger partial charge in [-0.1, -0.05) is 19.8 Å². The highest BCUT2D eigenvalue weighted by Crippen LogP contribution is 2.39. The molecule has 0 N–H and O–H groups in total. The Morgan fingerprint density at radius 2 is 2.08 bits per heavy atom. The number of pyridine rings is 1. The number of unbranched alkanes of at least 4 members (excludes halogenated alkanes) is 2. The van der Waals surface area contributed by atoms with E-state index in [1.807, 2.05) is 18.7 Å². The van der Waals surface area contributed by atoms with E-state index in [9.17, 15) is 0 Å². The number of thiophene rings is 1. The number of aromatic nitrogens is 3. The van der Waals surface area contributed by atoms with Gasteiger partial charge in [0.25, 0.3) is 0 Å². The van der Waals surface area contributed by atoms with Crippen molar-refractivity contribution in [3.05, 3.63) is 23.1 Å². The van der Waals surface area contributed by atoms with Gasteiger partial charge in [-0.15, -0.1) is 23.1 Å². The molecule has 3 aromatic rings. The van der Waals surface area contributed by atoms with Gasteiger partial charge in [0.15, 0.2) is 0 Å². The Labute approximate surface area is 162 Å². The van der Waals surface area contributed by atoms with Crippen molar-refractivity contribution in [1.82, 2.24) is 15.0 Å². The Kier molecular flexibility index (Phi) is 4.92. The van der Waals surface area contributed by atoms with Gasteiger partial charge in [-0.25, -0.2) is 15.0 Å². The van der Waals surface area contributed by atoms with Gasteiger partial charge >= 0.3 is 0 Å². The number of ether oxygens (including phenoxy) is 1. The minimum Gasteiger partial charge on any atom is -0.370 e. The quantitative estimate of drug-likeness (QED) is 0.320. The van der Waals surface area contributed by atoms with Crippen LogP contribution in [0.4, 0.5) is 0 Å². The summed E-state index contributed by atoms with van der Waals surface area (Å²) in [6.07, 6.45) is 4.61. The first-order valence-corrected chi connectivity index (χ1v) is 11.1. The molecule has 0 saturated carbocycles. The van der Waals surface area contributed by atoms with Crippen molar-refractivity contribution in [3.63, 3.8) is 0 Å². The van der Waals surface area contributed by atoms with Crippen molar-refractivity contribution in [2.75, 3.05) is 5.75 Å². The van der Waals surface area contributed by atoms with Crippen molar-refractivity contribution < 1.29 is 4.74 Å². The molecular weight excluding hydrogens is 362 g/mol. The van der Waals surface area contributed by atoms with Crippen LogP contribution in [0.25, 0.3) is 20.4 Å². The molecule has 0 atom stereocenters. The van der Waals surface area contributed by atoms with Gasteiger partial charge in [0.05, 0.1) is 28.1 Å². The van der Waals surface area contributed by atoms with E-state index < -0.39 is 0 Å². The minimum absolute atomic E-state index is 0.138. The van der Waals surface area contributed by atoms with Crippen LogP contribution >= 0.6 is 23.1 Å². The lowest BCUT2D eigenvalue weighted by Gasteiger charge is -2.30.